The lowest BCUT2D eigenvalue weighted by atomic mass is 9.98. The van der Waals surface area contributed by atoms with E-state index >= 15 is 0 Å². The monoisotopic (exact) mass is 573 g/mol. The molecule has 6 aromatic rings. The van der Waals surface area contributed by atoms with Crippen molar-refractivity contribution in [2.45, 2.75) is 23.4 Å². The van der Waals surface area contributed by atoms with E-state index < -0.39 is 0 Å². The highest BCUT2D eigenvalue weighted by atomic mass is 32.2. The van der Waals surface area contributed by atoms with Gasteiger partial charge >= 0.3 is 0 Å². The standard InChI is InChI=1S/C33H27N5OS2/c39-32(35-31(25-15-7-2-8-16-25)26-17-9-3-10-18-26)28-22-40-30(34-28)23-41-33-37-36-29(21-24-13-5-1-6-14-24)38(33)27-19-11-4-12-20-27/h1-20,22,31H,21,23H2,(H,35,39). The Balaban J connectivity index is 1.18. The van der Waals surface area contributed by atoms with Crippen LogP contribution in [0.15, 0.2) is 132 Å². The Morgan fingerprint density at radius 3 is 2.00 bits per heavy atom. The van der Waals surface area contributed by atoms with Gasteiger partial charge in [-0.3, -0.25) is 9.36 Å². The Kier molecular flexibility index (Phi) is 8.30. The van der Waals surface area contributed by atoms with E-state index in [1.165, 1.54) is 16.9 Å². The third-order valence-electron chi connectivity index (χ3n) is 6.57. The van der Waals surface area contributed by atoms with Gasteiger partial charge in [-0.15, -0.1) is 21.5 Å². The number of thiazole rings is 1. The zero-order valence-electron chi connectivity index (χ0n) is 22.1. The number of para-hydroxylation sites is 1. The fraction of sp³-hybridized carbons (Fsp3) is 0.0909. The maximum Gasteiger partial charge on any atom is 0.271 e. The molecule has 0 atom stereocenters. The van der Waals surface area contributed by atoms with Gasteiger partial charge < -0.3 is 5.32 Å². The summed E-state index contributed by atoms with van der Waals surface area (Å²) >= 11 is 3.04. The predicted molar refractivity (Wildman–Crippen MR) is 164 cm³/mol. The van der Waals surface area contributed by atoms with Crippen molar-refractivity contribution in [2.24, 2.45) is 0 Å². The third-order valence-corrected chi connectivity index (χ3v) is 8.54. The first-order valence-electron chi connectivity index (χ1n) is 13.3. The Labute approximate surface area is 247 Å². The van der Waals surface area contributed by atoms with Crippen LogP contribution in [0.5, 0.6) is 0 Å². The van der Waals surface area contributed by atoms with Gasteiger partial charge in [-0.05, 0) is 28.8 Å². The van der Waals surface area contributed by atoms with E-state index in [-0.39, 0.29) is 11.9 Å². The summed E-state index contributed by atoms with van der Waals surface area (Å²) in [7, 11) is 0. The van der Waals surface area contributed by atoms with Gasteiger partial charge in [0.25, 0.3) is 5.91 Å². The lowest BCUT2D eigenvalue weighted by Gasteiger charge is -2.19. The van der Waals surface area contributed by atoms with Crippen LogP contribution in [0.1, 0.15) is 44.1 Å². The number of aromatic nitrogens is 4. The fourth-order valence-corrected chi connectivity index (χ4v) is 6.35. The quantitative estimate of drug-likeness (QED) is 0.177. The van der Waals surface area contributed by atoms with E-state index in [2.05, 4.69) is 49.3 Å². The molecule has 6 rings (SSSR count). The molecule has 0 bridgehead atoms. The summed E-state index contributed by atoms with van der Waals surface area (Å²) in [4.78, 5) is 18.0. The molecule has 2 heterocycles. The highest BCUT2D eigenvalue weighted by Gasteiger charge is 2.20. The van der Waals surface area contributed by atoms with Crippen LogP contribution in [0.3, 0.4) is 0 Å². The molecular weight excluding hydrogens is 547 g/mol. The number of amides is 1. The van der Waals surface area contributed by atoms with E-state index in [0.29, 0.717) is 17.9 Å². The minimum atomic E-state index is -0.267. The van der Waals surface area contributed by atoms with Gasteiger partial charge in [0.15, 0.2) is 5.16 Å². The normalized spacial score (nSPS) is 11.0. The minimum Gasteiger partial charge on any atom is -0.340 e. The van der Waals surface area contributed by atoms with Gasteiger partial charge in [0.05, 0.1) is 11.8 Å². The molecule has 4 aromatic carbocycles. The molecule has 0 radical (unpaired) electrons. The number of thioether (sulfide) groups is 1. The number of carbonyl (C=O) groups is 1. The SMILES string of the molecule is O=C(NC(c1ccccc1)c1ccccc1)c1csc(CSc2nnc(Cc3ccccc3)n2-c2ccccc2)n1. The van der Waals surface area contributed by atoms with Crippen LogP contribution in [0, 0.1) is 0 Å². The fourth-order valence-electron chi connectivity index (χ4n) is 4.59. The Hall–Kier alpha value is -4.53. The average molecular weight is 574 g/mol. The lowest BCUT2D eigenvalue weighted by molar-refractivity contribution is 0.0938. The van der Waals surface area contributed by atoms with Crippen molar-refractivity contribution >= 4 is 29.0 Å². The molecule has 0 saturated carbocycles. The Morgan fingerprint density at radius 1 is 0.780 bits per heavy atom. The molecular formula is C33H27N5OS2. The van der Waals surface area contributed by atoms with Crippen molar-refractivity contribution in [1.82, 2.24) is 25.1 Å². The zero-order valence-corrected chi connectivity index (χ0v) is 23.8. The minimum absolute atomic E-state index is 0.201. The average Bonchev–Trinajstić information content (AvgIpc) is 3.68. The number of benzene rings is 4. The van der Waals surface area contributed by atoms with Gasteiger partial charge in [-0.25, -0.2) is 4.98 Å². The molecule has 41 heavy (non-hydrogen) atoms. The van der Waals surface area contributed by atoms with Gasteiger partial charge in [0.1, 0.15) is 16.5 Å². The topological polar surface area (TPSA) is 72.7 Å². The number of hydrogen-bond donors (Lipinski definition) is 1. The highest BCUT2D eigenvalue weighted by molar-refractivity contribution is 7.98. The Bertz CT molecular complexity index is 1660. The second-order valence-corrected chi connectivity index (χ2v) is 11.3. The molecule has 1 amide bonds. The second-order valence-electron chi connectivity index (χ2n) is 9.38. The van der Waals surface area contributed by atoms with Crippen molar-refractivity contribution in [3.8, 4) is 5.69 Å². The largest absolute Gasteiger partial charge is 0.340 e. The first-order chi connectivity index (χ1) is 20.2. The van der Waals surface area contributed by atoms with Crippen molar-refractivity contribution in [2.75, 3.05) is 0 Å². The van der Waals surface area contributed by atoms with Gasteiger partial charge in [-0.1, -0.05) is 121 Å². The molecule has 0 aliphatic rings. The number of nitrogens with zero attached hydrogens (tertiary/aromatic N) is 4. The van der Waals surface area contributed by atoms with Crippen LogP contribution in [-0.2, 0) is 12.2 Å². The van der Waals surface area contributed by atoms with Crippen molar-refractivity contribution in [3.63, 3.8) is 0 Å². The van der Waals surface area contributed by atoms with Gasteiger partial charge in [0.2, 0.25) is 0 Å². The molecule has 0 spiro atoms. The molecule has 0 saturated heterocycles. The van der Waals surface area contributed by atoms with Gasteiger partial charge in [-0.2, -0.15) is 0 Å². The van der Waals surface area contributed by atoms with E-state index in [9.17, 15) is 4.79 Å². The summed E-state index contributed by atoms with van der Waals surface area (Å²) in [5, 5.41) is 15.7. The summed E-state index contributed by atoms with van der Waals surface area (Å²) in [5.74, 6) is 1.25. The van der Waals surface area contributed by atoms with Crippen LogP contribution < -0.4 is 5.32 Å². The van der Waals surface area contributed by atoms with Crippen LogP contribution in [0.25, 0.3) is 5.69 Å². The summed E-state index contributed by atoms with van der Waals surface area (Å²) in [6.45, 7) is 0. The van der Waals surface area contributed by atoms with Crippen LogP contribution >= 0.6 is 23.1 Å². The van der Waals surface area contributed by atoms with Crippen LogP contribution in [-0.4, -0.2) is 25.7 Å². The van der Waals surface area contributed by atoms with E-state index in [1.807, 2.05) is 102 Å². The summed E-state index contributed by atoms with van der Waals surface area (Å²) in [5.41, 5.74) is 4.64. The smallest absolute Gasteiger partial charge is 0.271 e. The zero-order chi connectivity index (χ0) is 27.9. The van der Waals surface area contributed by atoms with Crippen LogP contribution in [0.2, 0.25) is 0 Å². The molecule has 0 fully saturated rings. The maximum atomic E-state index is 13.3. The molecule has 8 heteroatoms. The van der Waals surface area contributed by atoms with Crippen molar-refractivity contribution in [3.05, 3.63) is 160 Å². The second kappa shape index (κ2) is 12.8. The number of carbonyl (C=O) groups excluding carboxylic acids is 1. The molecule has 0 aliphatic heterocycles. The first-order valence-corrected chi connectivity index (χ1v) is 15.1. The first kappa shape index (κ1) is 26.7. The predicted octanol–water partition coefficient (Wildman–Crippen LogP) is 7.13. The molecule has 1 N–H and O–H groups in total. The van der Waals surface area contributed by atoms with Crippen molar-refractivity contribution < 1.29 is 4.79 Å². The van der Waals surface area contributed by atoms with Crippen molar-refractivity contribution in [1.29, 1.82) is 0 Å². The summed E-state index contributed by atoms with van der Waals surface area (Å²) in [6.07, 6.45) is 0.675. The van der Waals surface area contributed by atoms with E-state index in [0.717, 1.165) is 32.8 Å². The number of nitrogens with one attached hydrogen (secondary N) is 1. The van der Waals surface area contributed by atoms with E-state index in [4.69, 9.17) is 0 Å². The molecule has 2 aromatic heterocycles. The van der Waals surface area contributed by atoms with E-state index in [1.54, 1.807) is 11.8 Å². The highest BCUT2D eigenvalue weighted by Crippen LogP contribution is 2.28. The Morgan fingerprint density at radius 2 is 1.37 bits per heavy atom. The molecule has 0 unspecified atom stereocenters. The number of rotatable bonds is 10. The van der Waals surface area contributed by atoms with Gasteiger partial charge in [0, 0.05) is 17.5 Å². The lowest BCUT2D eigenvalue weighted by Crippen LogP contribution is -2.29. The summed E-state index contributed by atoms with van der Waals surface area (Å²) < 4.78 is 2.10. The number of hydrogen-bond acceptors (Lipinski definition) is 6. The molecule has 202 valence electrons. The molecule has 0 aliphatic carbocycles. The summed E-state index contributed by atoms with van der Waals surface area (Å²) in [6, 6.07) is 40.1. The molecule has 6 nitrogen and oxygen atoms in total. The van der Waals surface area contributed by atoms with Crippen LogP contribution in [0.4, 0.5) is 0 Å². The third kappa shape index (κ3) is 6.45. The maximum absolute atomic E-state index is 13.3.